The van der Waals surface area contributed by atoms with Gasteiger partial charge >= 0.3 is 0 Å². The maximum absolute atomic E-state index is 8.75. The lowest BCUT2D eigenvalue weighted by atomic mass is 10.1. The Morgan fingerprint density at radius 3 is 3.00 bits per heavy atom. The quantitative estimate of drug-likeness (QED) is 0.713. The minimum absolute atomic E-state index is 0.721. The average Bonchev–Trinajstić information content (AvgIpc) is 2.34. The molecule has 86 valence electrons. The van der Waals surface area contributed by atoms with Gasteiger partial charge in [-0.3, -0.25) is 0 Å². The van der Waals surface area contributed by atoms with Crippen molar-refractivity contribution in [2.75, 3.05) is 20.3 Å². The van der Waals surface area contributed by atoms with Gasteiger partial charge in [0, 0.05) is 20.3 Å². The Hall–Kier alpha value is -1.37. The van der Waals surface area contributed by atoms with E-state index in [0.717, 1.165) is 43.7 Å². The fourth-order valence-electron chi connectivity index (χ4n) is 1.48. The molecular weight excluding hydrogens is 200 g/mol. The van der Waals surface area contributed by atoms with Crippen molar-refractivity contribution in [2.24, 2.45) is 0 Å². The van der Waals surface area contributed by atoms with Crippen molar-refractivity contribution in [2.45, 2.75) is 19.4 Å². The summed E-state index contributed by atoms with van der Waals surface area (Å²) < 4.78 is 4.97. The molecule has 0 atom stereocenters. The summed E-state index contributed by atoms with van der Waals surface area (Å²) in [5.41, 5.74) is 1.88. The molecule has 0 bridgehead atoms. The van der Waals surface area contributed by atoms with Gasteiger partial charge in [0.2, 0.25) is 0 Å². The zero-order chi connectivity index (χ0) is 11.6. The number of nitriles is 1. The lowest BCUT2D eigenvalue weighted by molar-refractivity contribution is 0.192. The van der Waals surface area contributed by atoms with Crippen LogP contribution < -0.4 is 5.32 Å². The standard InChI is InChI=1S/C13H18N2O/c1-16-8-3-2-7-15-11-13-6-4-5-12(9-13)10-14/h4-6,9,15H,2-3,7-8,11H2,1H3. The van der Waals surface area contributed by atoms with Gasteiger partial charge in [0.15, 0.2) is 0 Å². The van der Waals surface area contributed by atoms with Crippen molar-refractivity contribution >= 4 is 0 Å². The Kier molecular flexibility index (Phi) is 6.24. The number of methoxy groups -OCH3 is 1. The number of unbranched alkanes of at least 4 members (excludes halogenated alkanes) is 1. The summed E-state index contributed by atoms with van der Waals surface area (Å²) in [6.45, 7) is 2.63. The van der Waals surface area contributed by atoms with E-state index in [2.05, 4.69) is 11.4 Å². The normalized spacial score (nSPS) is 10.0. The van der Waals surface area contributed by atoms with E-state index in [1.54, 1.807) is 7.11 Å². The van der Waals surface area contributed by atoms with Gasteiger partial charge in [-0.15, -0.1) is 0 Å². The summed E-state index contributed by atoms with van der Waals surface area (Å²) >= 11 is 0. The lowest BCUT2D eigenvalue weighted by Crippen LogP contribution is -2.15. The SMILES string of the molecule is COCCCCNCc1cccc(C#N)c1. The molecule has 0 radical (unpaired) electrons. The fraction of sp³-hybridized carbons (Fsp3) is 0.462. The van der Waals surface area contributed by atoms with Crippen molar-refractivity contribution in [3.63, 3.8) is 0 Å². The first-order chi connectivity index (χ1) is 7.86. The first-order valence-corrected chi connectivity index (χ1v) is 5.55. The van der Waals surface area contributed by atoms with Crippen LogP contribution in [-0.4, -0.2) is 20.3 Å². The van der Waals surface area contributed by atoms with E-state index in [1.807, 2.05) is 24.3 Å². The molecule has 3 nitrogen and oxygen atoms in total. The minimum atomic E-state index is 0.721. The van der Waals surface area contributed by atoms with Crippen LogP contribution in [-0.2, 0) is 11.3 Å². The second kappa shape index (κ2) is 7.86. The number of benzene rings is 1. The summed E-state index contributed by atoms with van der Waals surface area (Å²) in [6, 6.07) is 9.83. The third-order valence-corrected chi connectivity index (χ3v) is 2.34. The van der Waals surface area contributed by atoms with Crippen LogP contribution in [0.15, 0.2) is 24.3 Å². The number of hydrogen-bond donors (Lipinski definition) is 1. The monoisotopic (exact) mass is 218 g/mol. The predicted molar refractivity (Wildman–Crippen MR) is 64.0 cm³/mol. The summed E-state index contributed by atoms with van der Waals surface area (Å²) in [7, 11) is 1.72. The van der Waals surface area contributed by atoms with E-state index in [9.17, 15) is 0 Å². The third kappa shape index (κ3) is 4.92. The van der Waals surface area contributed by atoms with Crippen LogP contribution in [0.5, 0.6) is 0 Å². The van der Waals surface area contributed by atoms with Crippen molar-refractivity contribution in [1.29, 1.82) is 5.26 Å². The summed E-state index contributed by atoms with van der Waals surface area (Å²) in [4.78, 5) is 0. The van der Waals surface area contributed by atoms with Gasteiger partial charge in [-0.1, -0.05) is 12.1 Å². The van der Waals surface area contributed by atoms with Crippen LogP contribution in [0, 0.1) is 11.3 Å². The molecule has 1 aromatic carbocycles. The molecule has 1 rings (SSSR count). The van der Waals surface area contributed by atoms with Gasteiger partial charge in [-0.25, -0.2) is 0 Å². The zero-order valence-corrected chi connectivity index (χ0v) is 9.70. The van der Waals surface area contributed by atoms with Crippen molar-refractivity contribution in [1.82, 2.24) is 5.32 Å². The van der Waals surface area contributed by atoms with Crippen LogP contribution in [0.25, 0.3) is 0 Å². The summed E-state index contributed by atoms with van der Waals surface area (Å²) in [5.74, 6) is 0. The Bertz CT molecular complexity index is 344. The molecule has 0 aliphatic carbocycles. The molecule has 16 heavy (non-hydrogen) atoms. The van der Waals surface area contributed by atoms with E-state index in [1.165, 1.54) is 0 Å². The molecule has 0 aliphatic rings. The van der Waals surface area contributed by atoms with Gasteiger partial charge in [-0.05, 0) is 37.1 Å². The number of nitrogens with zero attached hydrogens (tertiary/aromatic N) is 1. The van der Waals surface area contributed by atoms with E-state index < -0.39 is 0 Å². The molecular formula is C13H18N2O. The third-order valence-electron chi connectivity index (χ3n) is 2.34. The summed E-state index contributed by atoms with van der Waals surface area (Å²) in [5, 5.41) is 12.1. The number of ether oxygens (including phenoxy) is 1. The Labute approximate surface area is 97.0 Å². The van der Waals surface area contributed by atoms with Gasteiger partial charge in [0.25, 0.3) is 0 Å². The number of rotatable bonds is 7. The molecule has 0 amide bonds. The maximum atomic E-state index is 8.75. The highest BCUT2D eigenvalue weighted by Gasteiger charge is 1.94. The van der Waals surface area contributed by atoms with E-state index in [-0.39, 0.29) is 0 Å². The molecule has 0 spiro atoms. The molecule has 3 heteroatoms. The Balaban J connectivity index is 2.19. The first kappa shape index (κ1) is 12.7. The minimum Gasteiger partial charge on any atom is -0.385 e. The molecule has 0 unspecified atom stereocenters. The molecule has 0 heterocycles. The maximum Gasteiger partial charge on any atom is 0.0991 e. The van der Waals surface area contributed by atoms with Gasteiger partial charge < -0.3 is 10.1 Å². The predicted octanol–water partition coefficient (Wildman–Crippen LogP) is 2.07. The van der Waals surface area contributed by atoms with Gasteiger partial charge in [0.05, 0.1) is 11.6 Å². The first-order valence-electron chi connectivity index (χ1n) is 5.55. The average molecular weight is 218 g/mol. The lowest BCUT2D eigenvalue weighted by Gasteiger charge is -2.04. The molecule has 0 aromatic heterocycles. The van der Waals surface area contributed by atoms with E-state index in [4.69, 9.17) is 10.00 Å². The van der Waals surface area contributed by atoms with Crippen molar-refractivity contribution < 1.29 is 4.74 Å². The van der Waals surface area contributed by atoms with Gasteiger partial charge in [0.1, 0.15) is 0 Å². The Morgan fingerprint density at radius 1 is 1.38 bits per heavy atom. The smallest absolute Gasteiger partial charge is 0.0991 e. The second-order valence-electron chi connectivity index (χ2n) is 3.69. The molecule has 0 saturated carbocycles. The highest BCUT2D eigenvalue weighted by Crippen LogP contribution is 2.03. The molecule has 1 aromatic rings. The largest absolute Gasteiger partial charge is 0.385 e. The molecule has 0 saturated heterocycles. The summed E-state index contributed by atoms with van der Waals surface area (Å²) in [6.07, 6.45) is 2.20. The second-order valence-corrected chi connectivity index (χ2v) is 3.69. The topological polar surface area (TPSA) is 45.0 Å². The van der Waals surface area contributed by atoms with E-state index >= 15 is 0 Å². The van der Waals surface area contributed by atoms with Crippen LogP contribution in [0.1, 0.15) is 24.0 Å². The van der Waals surface area contributed by atoms with Crippen LogP contribution in [0.3, 0.4) is 0 Å². The number of nitrogens with one attached hydrogen (secondary N) is 1. The van der Waals surface area contributed by atoms with Gasteiger partial charge in [-0.2, -0.15) is 5.26 Å². The molecule has 0 fully saturated rings. The fourth-order valence-corrected chi connectivity index (χ4v) is 1.48. The highest BCUT2D eigenvalue weighted by atomic mass is 16.5. The van der Waals surface area contributed by atoms with Crippen LogP contribution >= 0.6 is 0 Å². The highest BCUT2D eigenvalue weighted by molar-refractivity contribution is 5.32. The zero-order valence-electron chi connectivity index (χ0n) is 9.70. The van der Waals surface area contributed by atoms with Crippen LogP contribution in [0.2, 0.25) is 0 Å². The van der Waals surface area contributed by atoms with Crippen molar-refractivity contribution in [3.8, 4) is 6.07 Å². The molecule has 1 N–H and O–H groups in total. The van der Waals surface area contributed by atoms with E-state index in [0.29, 0.717) is 0 Å². The van der Waals surface area contributed by atoms with Crippen LogP contribution in [0.4, 0.5) is 0 Å². The van der Waals surface area contributed by atoms with Crippen molar-refractivity contribution in [3.05, 3.63) is 35.4 Å². The number of hydrogen-bond acceptors (Lipinski definition) is 3. The Morgan fingerprint density at radius 2 is 2.25 bits per heavy atom. The molecule has 0 aliphatic heterocycles.